The van der Waals surface area contributed by atoms with Crippen LogP contribution in [0.15, 0.2) is 48.7 Å². The van der Waals surface area contributed by atoms with E-state index in [4.69, 9.17) is 0 Å². The Labute approximate surface area is 204 Å². The van der Waals surface area contributed by atoms with Crippen molar-refractivity contribution in [3.8, 4) is 11.3 Å². The molecule has 0 saturated carbocycles. The van der Waals surface area contributed by atoms with Crippen LogP contribution in [0.25, 0.3) is 11.3 Å². The fourth-order valence-electron chi connectivity index (χ4n) is 4.28. The lowest BCUT2D eigenvalue weighted by Crippen LogP contribution is -2.40. The Bertz CT molecular complexity index is 1240. The van der Waals surface area contributed by atoms with Gasteiger partial charge in [-0.1, -0.05) is 6.07 Å². The first kappa shape index (κ1) is 24.6. The average molecular weight is 479 g/mol. The lowest BCUT2D eigenvalue weighted by Gasteiger charge is -2.30. The van der Waals surface area contributed by atoms with Crippen molar-refractivity contribution in [1.29, 1.82) is 0 Å². The molecule has 1 aliphatic heterocycles. The van der Waals surface area contributed by atoms with E-state index in [0.29, 0.717) is 54.0 Å². The number of aryl methyl sites for hydroxylation is 1. The first-order chi connectivity index (χ1) is 16.5. The zero-order chi connectivity index (χ0) is 25.3. The Morgan fingerprint density at radius 2 is 1.71 bits per heavy atom. The number of hydrogen-bond acceptors (Lipinski definition) is 4. The van der Waals surface area contributed by atoms with Crippen LogP contribution in [0.4, 0.5) is 10.1 Å². The molecule has 0 aliphatic carbocycles. The highest BCUT2D eigenvalue weighted by molar-refractivity contribution is 6.08. The van der Waals surface area contributed by atoms with Gasteiger partial charge in [0.15, 0.2) is 0 Å². The SMILES string of the molecule is Cc1ccc(NC(=O)c2cnn(C(C)(C)C)c2-c2ccc(F)cc2)cc1C(=O)N1CCC(O)CC1. The third-order valence-electron chi connectivity index (χ3n) is 6.24. The molecule has 35 heavy (non-hydrogen) atoms. The van der Waals surface area contributed by atoms with Gasteiger partial charge in [-0.05, 0) is 82.5 Å². The summed E-state index contributed by atoms with van der Waals surface area (Å²) in [6, 6.07) is 11.2. The van der Waals surface area contributed by atoms with E-state index in [0.717, 1.165) is 5.56 Å². The smallest absolute Gasteiger partial charge is 0.259 e. The molecule has 2 aromatic carbocycles. The lowest BCUT2D eigenvalue weighted by atomic mass is 10.0. The second-order valence-electron chi connectivity index (χ2n) is 10.0. The van der Waals surface area contributed by atoms with Crippen LogP contribution in [0.5, 0.6) is 0 Å². The normalized spacial score (nSPS) is 14.7. The van der Waals surface area contributed by atoms with E-state index in [9.17, 15) is 19.1 Å². The second kappa shape index (κ2) is 9.62. The quantitative estimate of drug-likeness (QED) is 0.574. The number of nitrogens with zero attached hydrogens (tertiary/aromatic N) is 3. The van der Waals surface area contributed by atoms with Crippen LogP contribution < -0.4 is 5.32 Å². The Morgan fingerprint density at radius 3 is 2.34 bits per heavy atom. The Hall–Kier alpha value is -3.52. The fraction of sp³-hybridized carbons (Fsp3) is 0.370. The number of likely N-dealkylation sites (tertiary alicyclic amines) is 1. The first-order valence-corrected chi connectivity index (χ1v) is 11.8. The highest BCUT2D eigenvalue weighted by atomic mass is 19.1. The molecule has 0 unspecified atom stereocenters. The molecule has 1 fully saturated rings. The summed E-state index contributed by atoms with van der Waals surface area (Å²) in [6.07, 6.45) is 2.27. The number of nitrogens with one attached hydrogen (secondary N) is 1. The molecule has 1 aliphatic rings. The summed E-state index contributed by atoms with van der Waals surface area (Å²) in [5, 5.41) is 17.1. The average Bonchev–Trinajstić information content (AvgIpc) is 3.27. The van der Waals surface area contributed by atoms with Gasteiger partial charge in [0.2, 0.25) is 0 Å². The van der Waals surface area contributed by atoms with E-state index in [1.807, 2.05) is 27.7 Å². The summed E-state index contributed by atoms with van der Waals surface area (Å²) in [5.41, 5.74) is 3.03. The van der Waals surface area contributed by atoms with E-state index in [1.165, 1.54) is 18.3 Å². The fourth-order valence-corrected chi connectivity index (χ4v) is 4.28. The van der Waals surface area contributed by atoms with Crippen LogP contribution in [0.2, 0.25) is 0 Å². The summed E-state index contributed by atoms with van der Waals surface area (Å²) >= 11 is 0. The molecule has 2 heterocycles. The van der Waals surface area contributed by atoms with Gasteiger partial charge in [-0.2, -0.15) is 5.10 Å². The predicted octanol–water partition coefficient (Wildman–Crippen LogP) is 4.60. The summed E-state index contributed by atoms with van der Waals surface area (Å²) in [5.74, 6) is -0.845. The molecule has 0 radical (unpaired) electrons. The molecule has 3 aromatic rings. The molecule has 2 N–H and O–H groups in total. The van der Waals surface area contributed by atoms with Crippen LogP contribution in [0.3, 0.4) is 0 Å². The highest BCUT2D eigenvalue weighted by Gasteiger charge is 2.27. The zero-order valence-corrected chi connectivity index (χ0v) is 20.5. The van der Waals surface area contributed by atoms with Gasteiger partial charge in [-0.3, -0.25) is 14.3 Å². The molecular formula is C27H31FN4O3. The zero-order valence-electron chi connectivity index (χ0n) is 20.5. The monoisotopic (exact) mass is 478 g/mol. The van der Waals surface area contributed by atoms with E-state index in [2.05, 4.69) is 10.4 Å². The van der Waals surface area contributed by atoms with Crippen molar-refractivity contribution in [3.63, 3.8) is 0 Å². The van der Waals surface area contributed by atoms with E-state index >= 15 is 0 Å². The van der Waals surface area contributed by atoms with Crippen LogP contribution in [-0.4, -0.2) is 50.8 Å². The number of amides is 2. The molecule has 4 rings (SSSR count). The number of carbonyl (C=O) groups is 2. The topological polar surface area (TPSA) is 87.5 Å². The lowest BCUT2D eigenvalue weighted by molar-refractivity contribution is 0.0545. The number of carbonyl (C=O) groups excluding carboxylic acids is 2. The van der Waals surface area contributed by atoms with Gasteiger partial charge in [0.1, 0.15) is 5.82 Å². The number of halogens is 1. The molecule has 1 aromatic heterocycles. The van der Waals surface area contributed by atoms with Crippen molar-refractivity contribution in [2.45, 2.75) is 52.2 Å². The Balaban J connectivity index is 1.63. The Morgan fingerprint density at radius 1 is 1.06 bits per heavy atom. The number of rotatable bonds is 4. The van der Waals surface area contributed by atoms with Gasteiger partial charge in [0.05, 0.1) is 29.1 Å². The van der Waals surface area contributed by atoms with Crippen molar-refractivity contribution in [1.82, 2.24) is 14.7 Å². The van der Waals surface area contributed by atoms with Gasteiger partial charge in [-0.25, -0.2) is 4.39 Å². The van der Waals surface area contributed by atoms with Gasteiger partial charge < -0.3 is 15.3 Å². The minimum Gasteiger partial charge on any atom is -0.393 e. The van der Waals surface area contributed by atoms with Crippen molar-refractivity contribution < 1.29 is 19.1 Å². The number of anilines is 1. The van der Waals surface area contributed by atoms with Gasteiger partial charge >= 0.3 is 0 Å². The van der Waals surface area contributed by atoms with Crippen LogP contribution >= 0.6 is 0 Å². The van der Waals surface area contributed by atoms with Gasteiger partial charge in [0, 0.05) is 29.9 Å². The summed E-state index contributed by atoms with van der Waals surface area (Å²) in [7, 11) is 0. The third kappa shape index (κ3) is 5.27. The molecule has 8 heteroatoms. The number of aliphatic hydroxyl groups is 1. The highest BCUT2D eigenvalue weighted by Crippen LogP contribution is 2.30. The largest absolute Gasteiger partial charge is 0.393 e. The molecule has 7 nitrogen and oxygen atoms in total. The molecule has 2 amide bonds. The van der Waals surface area contributed by atoms with Crippen molar-refractivity contribution in [2.75, 3.05) is 18.4 Å². The Kier molecular flexibility index (Phi) is 6.76. The van der Waals surface area contributed by atoms with E-state index < -0.39 is 5.54 Å². The minimum atomic E-state index is -0.409. The van der Waals surface area contributed by atoms with Crippen LogP contribution in [0, 0.1) is 12.7 Å². The van der Waals surface area contributed by atoms with Gasteiger partial charge in [-0.15, -0.1) is 0 Å². The maximum atomic E-state index is 13.6. The van der Waals surface area contributed by atoms with Crippen molar-refractivity contribution in [3.05, 3.63) is 71.2 Å². The summed E-state index contributed by atoms with van der Waals surface area (Å²) in [4.78, 5) is 28.2. The standard InChI is InChI=1S/C27H31FN4O3/c1-17-5-10-20(15-22(17)26(35)31-13-11-21(33)12-14-31)30-25(34)23-16-29-32(27(2,3)4)24(23)18-6-8-19(28)9-7-18/h5-10,15-16,21,33H,11-14H2,1-4H3,(H,30,34). The van der Waals surface area contributed by atoms with Crippen LogP contribution in [-0.2, 0) is 5.54 Å². The molecular weight excluding hydrogens is 447 g/mol. The predicted molar refractivity (Wildman–Crippen MR) is 133 cm³/mol. The van der Waals surface area contributed by atoms with E-state index in [-0.39, 0.29) is 23.7 Å². The maximum Gasteiger partial charge on any atom is 0.259 e. The summed E-state index contributed by atoms with van der Waals surface area (Å²) < 4.78 is 15.3. The first-order valence-electron chi connectivity index (χ1n) is 11.8. The van der Waals surface area contributed by atoms with E-state index in [1.54, 1.807) is 39.9 Å². The molecule has 0 bridgehead atoms. The van der Waals surface area contributed by atoms with Crippen molar-refractivity contribution in [2.24, 2.45) is 0 Å². The second-order valence-corrected chi connectivity index (χ2v) is 10.0. The number of aromatic nitrogens is 2. The number of hydrogen-bond donors (Lipinski definition) is 2. The summed E-state index contributed by atoms with van der Waals surface area (Å²) in [6.45, 7) is 8.80. The third-order valence-corrected chi connectivity index (χ3v) is 6.24. The number of aliphatic hydroxyl groups excluding tert-OH is 1. The number of piperidine rings is 1. The number of benzene rings is 2. The maximum absolute atomic E-state index is 13.6. The van der Waals surface area contributed by atoms with Crippen molar-refractivity contribution >= 4 is 17.5 Å². The van der Waals surface area contributed by atoms with Crippen LogP contribution in [0.1, 0.15) is 59.9 Å². The molecule has 184 valence electrons. The molecule has 0 spiro atoms. The minimum absolute atomic E-state index is 0.113. The molecule has 1 saturated heterocycles. The van der Waals surface area contributed by atoms with Gasteiger partial charge in [0.25, 0.3) is 11.8 Å². The molecule has 0 atom stereocenters.